The molecule has 0 aromatic heterocycles. The van der Waals surface area contributed by atoms with Crippen LogP contribution in [-0.4, -0.2) is 36.1 Å². The van der Waals surface area contributed by atoms with Crippen LogP contribution in [0.25, 0.3) is 10.8 Å². The molecule has 0 aliphatic carbocycles. The number of hydrogen-bond donors (Lipinski definition) is 2. The molecule has 1 aliphatic heterocycles. The smallest absolute Gasteiger partial charge is 0.213 e. The van der Waals surface area contributed by atoms with Crippen molar-refractivity contribution in [1.82, 2.24) is 4.67 Å². The van der Waals surface area contributed by atoms with Gasteiger partial charge in [0.1, 0.15) is 0 Å². The average Bonchev–Trinajstić information content (AvgIpc) is 2.60. The van der Waals surface area contributed by atoms with Gasteiger partial charge >= 0.3 is 0 Å². The third kappa shape index (κ3) is 3.29. The number of benzene rings is 2. The fourth-order valence-corrected chi connectivity index (χ4v) is 6.44. The average molecular weight is 383 g/mol. The van der Waals surface area contributed by atoms with Crippen molar-refractivity contribution in [2.24, 2.45) is 4.74 Å². The zero-order valence-electron chi connectivity index (χ0n) is 13.4. The second-order valence-corrected chi connectivity index (χ2v) is 8.73. The maximum Gasteiger partial charge on any atom is 0.213 e. The first-order valence-electron chi connectivity index (χ1n) is 7.88. The first-order valence-corrected chi connectivity index (χ1v) is 10.6. The van der Waals surface area contributed by atoms with Crippen LogP contribution in [0.1, 0.15) is 0 Å². The highest BCUT2D eigenvalue weighted by molar-refractivity contribution is 7.67. The van der Waals surface area contributed by atoms with E-state index in [0.29, 0.717) is 31.4 Å². The van der Waals surface area contributed by atoms with Crippen molar-refractivity contribution in [3.63, 3.8) is 0 Å². The molecule has 2 aromatic rings. The molecule has 4 nitrogen and oxygen atoms in total. The SMILES string of the molecule is C=CCN=P1(N(CCCl)CCCl)Nc2cccc3cccc(c23)N1. The van der Waals surface area contributed by atoms with Crippen LogP contribution < -0.4 is 10.2 Å². The molecule has 1 heterocycles. The molecule has 2 N–H and O–H groups in total. The Balaban J connectivity index is 2.13. The van der Waals surface area contributed by atoms with Gasteiger partial charge in [0.05, 0.1) is 17.9 Å². The minimum absolute atomic E-state index is 0.525. The minimum Gasteiger partial charge on any atom is -0.324 e. The summed E-state index contributed by atoms with van der Waals surface area (Å²) in [6, 6.07) is 12.6. The predicted molar refractivity (Wildman–Crippen MR) is 109 cm³/mol. The van der Waals surface area contributed by atoms with Crippen molar-refractivity contribution in [1.29, 1.82) is 0 Å². The maximum absolute atomic E-state index is 6.04. The Morgan fingerprint density at radius 1 is 1.04 bits per heavy atom. The largest absolute Gasteiger partial charge is 0.324 e. The normalized spacial score (nSPS) is 15.0. The van der Waals surface area contributed by atoms with E-state index in [1.807, 2.05) is 6.08 Å². The lowest BCUT2D eigenvalue weighted by molar-refractivity contribution is 0.508. The van der Waals surface area contributed by atoms with E-state index in [9.17, 15) is 0 Å². The molecular weight excluding hydrogens is 362 g/mol. The summed E-state index contributed by atoms with van der Waals surface area (Å²) in [5, 5.41) is 9.74. The van der Waals surface area contributed by atoms with E-state index in [2.05, 4.69) is 57.8 Å². The fourth-order valence-electron chi connectivity index (χ4n) is 2.97. The summed E-state index contributed by atoms with van der Waals surface area (Å²) in [6.45, 7) is 5.79. The summed E-state index contributed by atoms with van der Waals surface area (Å²) >= 11 is 12.1. The van der Waals surface area contributed by atoms with Crippen molar-refractivity contribution >= 4 is 52.9 Å². The number of hydrogen-bond acceptors (Lipinski definition) is 1. The topological polar surface area (TPSA) is 39.7 Å². The zero-order chi connectivity index (χ0) is 17.0. The quantitative estimate of drug-likeness (QED) is 0.372. The summed E-state index contributed by atoms with van der Waals surface area (Å²) in [4.78, 5) is 0. The van der Waals surface area contributed by atoms with Crippen LogP contribution in [0.5, 0.6) is 0 Å². The number of alkyl halides is 2. The molecule has 0 amide bonds. The third-order valence-electron chi connectivity index (χ3n) is 3.97. The monoisotopic (exact) mass is 382 g/mol. The molecule has 0 atom stereocenters. The second-order valence-electron chi connectivity index (χ2n) is 5.48. The number of nitrogens with one attached hydrogen (secondary N) is 2. The molecule has 0 saturated carbocycles. The van der Waals surface area contributed by atoms with Crippen molar-refractivity contribution in [3.8, 4) is 0 Å². The van der Waals surface area contributed by atoms with Gasteiger partial charge in [-0.1, -0.05) is 30.3 Å². The van der Waals surface area contributed by atoms with Gasteiger partial charge in [-0.15, -0.1) is 29.8 Å². The highest BCUT2D eigenvalue weighted by Crippen LogP contribution is 2.57. The second kappa shape index (κ2) is 7.79. The van der Waals surface area contributed by atoms with E-state index in [0.717, 1.165) is 11.4 Å². The Morgan fingerprint density at radius 3 is 2.12 bits per heavy atom. The van der Waals surface area contributed by atoms with Gasteiger partial charge in [0.2, 0.25) is 7.51 Å². The lowest BCUT2D eigenvalue weighted by Gasteiger charge is -2.41. The standard InChI is InChI=1S/C17H21Cl2N4P/c1-2-11-20-24(23(12-9-18)13-10-19)21-15-7-3-5-14-6-4-8-16(22-24)17(14)15/h2-8,21-22H,1,9-13H2. The molecule has 3 rings (SSSR count). The Hall–Kier alpha value is -1.19. The molecule has 0 radical (unpaired) electrons. The van der Waals surface area contributed by atoms with Gasteiger partial charge in [-0.25, -0.2) is 9.42 Å². The lowest BCUT2D eigenvalue weighted by Crippen LogP contribution is -2.33. The van der Waals surface area contributed by atoms with Crippen molar-refractivity contribution in [2.75, 3.05) is 41.6 Å². The molecule has 1 aliphatic rings. The van der Waals surface area contributed by atoms with Crippen molar-refractivity contribution in [2.45, 2.75) is 0 Å². The van der Waals surface area contributed by atoms with E-state index in [1.54, 1.807) is 0 Å². The Labute approximate surface area is 153 Å². The molecule has 2 aromatic carbocycles. The van der Waals surface area contributed by atoms with Crippen LogP contribution in [0, 0.1) is 0 Å². The van der Waals surface area contributed by atoms with Crippen molar-refractivity contribution in [3.05, 3.63) is 49.1 Å². The maximum atomic E-state index is 6.04. The van der Waals surface area contributed by atoms with Crippen LogP contribution in [-0.2, 0) is 0 Å². The summed E-state index contributed by atoms with van der Waals surface area (Å²) in [5.41, 5.74) is 2.19. The Bertz CT molecular complexity index is 743. The van der Waals surface area contributed by atoms with Crippen molar-refractivity contribution < 1.29 is 0 Å². The highest BCUT2D eigenvalue weighted by atomic mass is 35.5. The summed E-state index contributed by atoms with van der Waals surface area (Å²) in [6.07, 6.45) is 1.81. The summed E-state index contributed by atoms with van der Waals surface area (Å²) in [7, 11) is -2.22. The van der Waals surface area contributed by atoms with E-state index in [4.69, 9.17) is 27.9 Å². The highest BCUT2D eigenvalue weighted by Gasteiger charge is 2.32. The van der Waals surface area contributed by atoms with E-state index >= 15 is 0 Å². The summed E-state index contributed by atoms with van der Waals surface area (Å²) in [5.74, 6) is 1.05. The van der Waals surface area contributed by atoms with Crippen LogP contribution >= 0.6 is 30.7 Å². The summed E-state index contributed by atoms with van der Waals surface area (Å²) < 4.78 is 7.18. The lowest BCUT2D eigenvalue weighted by atomic mass is 10.1. The molecule has 0 bridgehead atoms. The first kappa shape index (κ1) is 17.6. The van der Waals surface area contributed by atoms with E-state index in [-0.39, 0.29) is 0 Å². The molecule has 24 heavy (non-hydrogen) atoms. The number of nitrogens with zero attached hydrogens (tertiary/aromatic N) is 2. The van der Waals surface area contributed by atoms with Crippen LogP contribution in [0.4, 0.5) is 11.4 Å². The van der Waals surface area contributed by atoms with Gasteiger partial charge in [-0.05, 0) is 17.5 Å². The van der Waals surface area contributed by atoms with Gasteiger partial charge in [-0.3, -0.25) is 0 Å². The first-order chi connectivity index (χ1) is 11.7. The predicted octanol–water partition coefficient (Wildman–Crippen LogP) is 5.59. The van der Waals surface area contributed by atoms with Gasteiger partial charge in [0, 0.05) is 30.2 Å². The van der Waals surface area contributed by atoms with E-state index < -0.39 is 7.51 Å². The molecule has 0 fully saturated rings. The molecule has 7 heteroatoms. The molecule has 0 unspecified atom stereocenters. The van der Waals surface area contributed by atoms with Gasteiger partial charge in [0.15, 0.2) is 0 Å². The molecule has 0 spiro atoms. The molecule has 0 saturated heterocycles. The Morgan fingerprint density at radius 2 is 1.62 bits per heavy atom. The van der Waals surface area contributed by atoms with Gasteiger partial charge in [0.25, 0.3) is 0 Å². The van der Waals surface area contributed by atoms with Crippen LogP contribution in [0.15, 0.2) is 53.8 Å². The fraction of sp³-hybridized carbons (Fsp3) is 0.294. The number of rotatable bonds is 7. The zero-order valence-corrected chi connectivity index (χ0v) is 15.8. The minimum atomic E-state index is -2.22. The van der Waals surface area contributed by atoms with Gasteiger partial charge < -0.3 is 10.2 Å². The molecular formula is C17H21Cl2N4P. The van der Waals surface area contributed by atoms with Crippen LogP contribution in [0.3, 0.4) is 0 Å². The van der Waals surface area contributed by atoms with E-state index in [1.165, 1.54) is 10.8 Å². The Kier molecular flexibility index (Phi) is 5.72. The van der Waals surface area contributed by atoms with Crippen LogP contribution in [0.2, 0.25) is 0 Å². The van der Waals surface area contributed by atoms with Gasteiger partial charge in [-0.2, -0.15) is 0 Å². The number of anilines is 2. The third-order valence-corrected chi connectivity index (χ3v) is 7.20. The number of halogens is 2. The molecule has 128 valence electrons.